The van der Waals surface area contributed by atoms with Crippen molar-refractivity contribution in [3.63, 3.8) is 0 Å². The van der Waals surface area contributed by atoms with Gasteiger partial charge in [-0.15, -0.1) is 0 Å². The van der Waals surface area contributed by atoms with Crippen LogP contribution in [-0.4, -0.2) is 35.7 Å². The predicted octanol–water partition coefficient (Wildman–Crippen LogP) is 3.82. The first kappa shape index (κ1) is 17.1. The number of amides is 1. The minimum Gasteiger partial charge on any atom is -0.454 e. The predicted molar refractivity (Wildman–Crippen MR) is 96.6 cm³/mol. The molecule has 0 atom stereocenters. The highest BCUT2D eigenvalue weighted by molar-refractivity contribution is 5.95. The van der Waals surface area contributed by atoms with Crippen LogP contribution in [0.3, 0.4) is 0 Å². The van der Waals surface area contributed by atoms with Gasteiger partial charge in [0.25, 0.3) is 5.91 Å². The Morgan fingerprint density at radius 3 is 2.64 bits per heavy atom. The van der Waals surface area contributed by atoms with Crippen LogP contribution in [0.4, 0.5) is 11.5 Å². The molecule has 0 spiro atoms. The van der Waals surface area contributed by atoms with E-state index >= 15 is 0 Å². The van der Waals surface area contributed by atoms with E-state index in [0.717, 1.165) is 37.4 Å². The van der Waals surface area contributed by atoms with Crippen LogP contribution in [0.15, 0.2) is 36.5 Å². The van der Waals surface area contributed by atoms with Crippen molar-refractivity contribution in [2.24, 2.45) is 0 Å². The Kier molecular flexibility index (Phi) is 5.38. The number of fused-ring (bicyclic) bond motifs is 1. The molecule has 1 aliphatic heterocycles. The molecule has 0 saturated heterocycles. The molecule has 0 radical (unpaired) electrons. The summed E-state index contributed by atoms with van der Waals surface area (Å²) in [5.41, 5.74) is 1.47. The zero-order valence-corrected chi connectivity index (χ0v) is 14.6. The fraction of sp³-hybridized carbons (Fsp3) is 0.368. The molecule has 0 saturated carbocycles. The Labute approximate surface area is 147 Å². The van der Waals surface area contributed by atoms with Gasteiger partial charge in [0.1, 0.15) is 5.82 Å². The summed E-state index contributed by atoms with van der Waals surface area (Å²) in [6, 6.07) is 9.14. The average Bonchev–Trinajstić information content (AvgIpc) is 3.09. The van der Waals surface area contributed by atoms with E-state index in [-0.39, 0.29) is 12.7 Å². The first-order valence-corrected chi connectivity index (χ1v) is 8.63. The van der Waals surface area contributed by atoms with Gasteiger partial charge in [0.15, 0.2) is 11.5 Å². The number of carbonyl (C=O) groups is 1. The van der Waals surface area contributed by atoms with E-state index in [9.17, 15) is 4.79 Å². The fourth-order valence-electron chi connectivity index (χ4n) is 2.79. The number of carbonyl (C=O) groups excluding carboxylic acids is 1. The maximum Gasteiger partial charge on any atom is 0.254 e. The summed E-state index contributed by atoms with van der Waals surface area (Å²) in [6.45, 7) is 5.93. The van der Waals surface area contributed by atoms with Gasteiger partial charge in [-0.3, -0.25) is 4.79 Å². The van der Waals surface area contributed by atoms with E-state index < -0.39 is 0 Å². The number of pyridine rings is 1. The molecule has 6 nitrogen and oxygen atoms in total. The lowest BCUT2D eigenvalue weighted by atomic mass is 10.2. The number of benzene rings is 1. The van der Waals surface area contributed by atoms with Crippen LogP contribution in [0, 0.1) is 0 Å². The Morgan fingerprint density at radius 2 is 1.88 bits per heavy atom. The zero-order chi connectivity index (χ0) is 17.6. The molecule has 1 amide bonds. The lowest BCUT2D eigenvalue weighted by Gasteiger charge is -2.21. The van der Waals surface area contributed by atoms with Crippen molar-refractivity contribution in [2.45, 2.75) is 26.7 Å². The number of hydrogen-bond acceptors (Lipinski definition) is 5. The molecule has 1 aromatic heterocycles. The third-order valence-electron chi connectivity index (χ3n) is 3.93. The maximum atomic E-state index is 12.7. The van der Waals surface area contributed by atoms with Crippen LogP contribution >= 0.6 is 0 Å². The molecule has 2 aromatic rings. The standard InChI is InChI=1S/C19H23N3O3/c1-3-9-22(10-4-2)19(23)14-7-8-20-18(11-14)21-15-5-6-16-17(12-15)25-13-24-16/h5-8,11-12H,3-4,9-10,13H2,1-2H3,(H,20,21). The first-order chi connectivity index (χ1) is 12.2. The van der Waals surface area contributed by atoms with Gasteiger partial charge in [0.2, 0.25) is 6.79 Å². The molecule has 25 heavy (non-hydrogen) atoms. The highest BCUT2D eigenvalue weighted by Gasteiger charge is 2.16. The number of anilines is 2. The van der Waals surface area contributed by atoms with Gasteiger partial charge >= 0.3 is 0 Å². The van der Waals surface area contributed by atoms with Gasteiger partial charge in [-0.1, -0.05) is 13.8 Å². The largest absolute Gasteiger partial charge is 0.454 e. The summed E-state index contributed by atoms with van der Waals surface area (Å²) in [5, 5.41) is 3.21. The Morgan fingerprint density at radius 1 is 1.12 bits per heavy atom. The van der Waals surface area contributed by atoms with Crippen molar-refractivity contribution in [2.75, 3.05) is 25.2 Å². The van der Waals surface area contributed by atoms with Crippen LogP contribution in [0.5, 0.6) is 11.5 Å². The quantitative estimate of drug-likeness (QED) is 0.829. The number of nitrogens with one attached hydrogen (secondary N) is 1. The number of nitrogens with zero attached hydrogens (tertiary/aromatic N) is 2. The van der Waals surface area contributed by atoms with E-state index in [1.54, 1.807) is 18.3 Å². The van der Waals surface area contributed by atoms with Crippen LogP contribution in [0.25, 0.3) is 0 Å². The number of ether oxygens (including phenoxy) is 2. The van der Waals surface area contributed by atoms with E-state index in [1.807, 2.05) is 23.1 Å². The van der Waals surface area contributed by atoms with Crippen LogP contribution in [0.1, 0.15) is 37.0 Å². The second-order valence-corrected chi connectivity index (χ2v) is 5.91. The van der Waals surface area contributed by atoms with Crippen molar-refractivity contribution in [1.82, 2.24) is 9.88 Å². The fourth-order valence-corrected chi connectivity index (χ4v) is 2.79. The third-order valence-corrected chi connectivity index (χ3v) is 3.93. The van der Waals surface area contributed by atoms with E-state index in [4.69, 9.17) is 9.47 Å². The Balaban J connectivity index is 1.75. The summed E-state index contributed by atoms with van der Waals surface area (Å²) in [5.74, 6) is 2.10. The summed E-state index contributed by atoms with van der Waals surface area (Å²) < 4.78 is 10.7. The second kappa shape index (κ2) is 7.88. The summed E-state index contributed by atoms with van der Waals surface area (Å²) in [7, 11) is 0. The van der Waals surface area contributed by atoms with Gasteiger partial charge in [0.05, 0.1) is 0 Å². The third kappa shape index (κ3) is 4.02. The van der Waals surface area contributed by atoms with Crippen molar-refractivity contribution in [3.05, 3.63) is 42.1 Å². The minimum atomic E-state index is 0.0415. The molecule has 1 aromatic carbocycles. The smallest absolute Gasteiger partial charge is 0.254 e. The monoisotopic (exact) mass is 341 g/mol. The summed E-state index contributed by atoms with van der Waals surface area (Å²) in [6.07, 6.45) is 3.54. The van der Waals surface area contributed by atoms with Crippen LogP contribution in [-0.2, 0) is 0 Å². The molecule has 1 N–H and O–H groups in total. The highest BCUT2D eigenvalue weighted by Crippen LogP contribution is 2.34. The van der Waals surface area contributed by atoms with E-state index in [2.05, 4.69) is 24.1 Å². The minimum absolute atomic E-state index is 0.0415. The number of hydrogen-bond donors (Lipinski definition) is 1. The van der Waals surface area contributed by atoms with Crippen molar-refractivity contribution in [3.8, 4) is 11.5 Å². The molecule has 0 unspecified atom stereocenters. The summed E-state index contributed by atoms with van der Waals surface area (Å²) in [4.78, 5) is 18.9. The second-order valence-electron chi connectivity index (χ2n) is 5.91. The topological polar surface area (TPSA) is 63.7 Å². The van der Waals surface area contributed by atoms with E-state index in [0.29, 0.717) is 17.1 Å². The molecular weight excluding hydrogens is 318 g/mol. The molecule has 0 fully saturated rings. The maximum absolute atomic E-state index is 12.7. The van der Waals surface area contributed by atoms with Crippen LogP contribution in [0.2, 0.25) is 0 Å². The van der Waals surface area contributed by atoms with Gasteiger partial charge in [-0.25, -0.2) is 4.98 Å². The number of aromatic nitrogens is 1. The summed E-state index contributed by atoms with van der Waals surface area (Å²) >= 11 is 0. The zero-order valence-electron chi connectivity index (χ0n) is 14.6. The average molecular weight is 341 g/mol. The highest BCUT2D eigenvalue weighted by atomic mass is 16.7. The first-order valence-electron chi connectivity index (χ1n) is 8.63. The molecule has 1 aliphatic rings. The Hall–Kier alpha value is -2.76. The lowest BCUT2D eigenvalue weighted by molar-refractivity contribution is 0.0755. The molecule has 0 bridgehead atoms. The van der Waals surface area contributed by atoms with Crippen molar-refractivity contribution in [1.29, 1.82) is 0 Å². The van der Waals surface area contributed by atoms with Gasteiger partial charge < -0.3 is 19.7 Å². The molecule has 132 valence electrons. The molecule has 3 rings (SSSR count). The molecule has 2 heterocycles. The van der Waals surface area contributed by atoms with Crippen molar-refractivity contribution >= 4 is 17.4 Å². The Bertz CT molecular complexity index is 742. The SMILES string of the molecule is CCCN(CCC)C(=O)c1ccnc(Nc2ccc3c(c2)OCO3)c1. The van der Waals surface area contributed by atoms with Gasteiger partial charge in [-0.05, 0) is 37.1 Å². The van der Waals surface area contributed by atoms with E-state index in [1.165, 1.54) is 0 Å². The molecule has 6 heteroatoms. The van der Waals surface area contributed by atoms with Gasteiger partial charge in [0, 0.05) is 36.6 Å². The van der Waals surface area contributed by atoms with Gasteiger partial charge in [-0.2, -0.15) is 0 Å². The molecular formula is C19H23N3O3. The van der Waals surface area contributed by atoms with Crippen molar-refractivity contribution < 1.29 is 14.3 Å². The van der Waals surface area contributed by atoms with Crippen LogP contribution < -0.4 is 14.8 Å². The lowest BCUT2D eigenvalue weighted by Crippen LogP contribution is -2.32. The normalized spacial score (nSPS) is 12.1. The number of rotatable bonds is 7. The molecule has 0 aliphatic carbocycles.